The molecule has 7 N–H and O–H groups in total. The average Bonchev–Trinajstić information content (AvgIpc) is 3.20. The molecule has 14 heteroatoms. The molecule has 0 bridgehead atoms. The largest absolute Gasteiger partial charge is 0.397 e. The van der Waals surface area contributed by atoms with E-state index in [2.05, 4.69) is 47.7 Å². The highest BCUT2D eigenvalue weighted by Gasteiger charge is 2.48. The Kier molecular flexibility index (Phi) is 33.6. The van der Waals surface area contributed by atoms with Crippen LogP contribution in [0.5, 0.6) is 0 Å². The predicted octanol–water partition coefficient (Wildman–Crippen LogP) is 7.69. The van der Waals surface area contributed by atoms with Crippen LogP contribution in [0, 0.1) is 0 Å². The van der Waals surface area contributed by atoms with Crippen molar-refractivity contribution in [3.63, 3.8) is 0 Å². The first-order valence-electron chi connectivity index (χ1n) is 23.0. The number of ether oxygens (including phenoxy) is 2. The van der Waals surface area contributed by atoms with Gasteiger partial charge in [-0.1, -0.05) is 172 Å². The summed E-state index contributed by atoms with van der Waals surface area (Å²) in [6.45, 7) is 3.08. The molecule has 1 saturated heterocycles. The Morgan fingerprint density at radius 1 is 0.712 bits per heavy atom. The third kappa shape index (κ3) is 28.5. The van der Waals surface area contributed by atoms with Gasteiger partial charge in [0.1, 0.15) is 30.5 Å². The molecule has 8 atom stereocenters. The van der Waals surface area contributed by atoms with Crippen molar-refractivity contribution < 1.29 is 57.0 Å². The maximum atomic E-state index is 13.1. The number of nitrogens with one attached hydrogen (secondary N) is 1. The highest BCUT2D eigenvalue weighted by Crippen LogP contribution is 2.26. The van der Waals surface area contributed by atoms with Gasteiger partial charge in [0.15, 0.2) is 6.29 Å². The van der Waals surface area contributed by atoms with Crippen LogP contribution in [0.4, 0.5) is 0 Å². The minimum Gasteiger partial charge on any atom is -0.394 e. The lowest BCUT2D eigenvalue weighted by Crippen LogP contribution is -2.61. The number of unbranched alkanes of at least 4 members (excludes halogenated alkanes) is 21. The van der Waals surface area contributed by atoms with Gasteiger partial charge in [-0.05, 0) is 44.9 Å². The molecule has 0 spiro atoms. The number of carbonyl (C=O) groups is 1. The molecule has 8 unspecified atom stereocenters. The van der Waals surface area contributed by atoms with E-state index in [4.69, 9.17) is 14.0 Å². The summed E-state index contributed by atoms with van der Waals surface area (Å²) in [6.07, 6.45) is 29.6. The van der Waals surface area contributed by atoms with Crippen molar-refractivity contribution in [2.24, 2.45) is 0 Å². The molecule has 1 rings (SSSR count). The third-order valence-corrected chi connectivity index (χ3v) is 11.2. The Morgan fingerprint density at radius 2 is 1.22 bits per heavy atom. The second-order valence-electron chi connectivity index (χ2n) is 16.1. The molecular formula is C45H83NO12S. The number of carbonyl (C=O) groups excluding carboxylic acids is 1. The van der Waals surface area contributed by atoms with Gasteiger partial charge < -0.3 is 40.3 Å². The van der Waals surface area contributed by atoms with Gasteiger partial charge in [-0.15, -0.1) is 0 Å². The van der Waals surface area contributed by atoms with Crippen LogP contribution in [-0.4, -0.2) is 107 Å². The standard InChI is InChI=1S/C45H83NO12S/c1-3-5-7-9-11-13-15-16-17-18-19-20-21-22-23-24-26-28-30-32-34-39(49)44(52)46-37(38(48)33-31-29-27-25-14-12-10-8-6-4-2)36-56-45-42(51)43(58-59(53,54)55)41(50)40(35-47)57-45/h5,7,11,13,31,33,37-43,45,47-51H,3-4,6,8-10,12,14-30,32,34-36H2,1-2H3,(H,46,52)(H,53,54,55)/b7-5-,13-11-,33-31+. The van der Waals surface area contributed by atoms with E-state index in [-0.39, 0.29) is 6.42 Å². The number of aliphatic hydroxyl groups is 5. The first-order chi connectivity index (χ1) is 28.4. The summed E-state index contributed by atoms with van der Waals surface area (Å²) >= 11 is 0. The van der Waals surface area contributed by atoms with Crippen LogP contribution in [0.25, 0.3) is 0 Å². The summed E-state index contributed by atoms with van der Waals surface area (Å²) in [5.74, 6) is -0.706. The van der Waals surface area contributed by atoms with Gasteiger partial charge >= 0.3 is 10.4 Å². The Morgan fingerprint density at radius 3 is 1.75 bits per heavy atom. The van der Waals surface area contributed by atoms with Crippen molar-refractivity contribution in [1.29, 1.82) is 0 Å². The summed E-state index contributed by atoms with van der Waals surface area (Å²) in [5.41, 5.74) is 0. The summed E-state index contributed by atoms with van der Waals surface area (Å²) in [7, 11) is -5.11. The fraction of sp³-hybridized carbons (Fsp3) is 0.844. The smallest absolute Gasteiger partial charge is 0.394 e. The van der Waals surface area contributed by atoms with Gasteiger partial charge in [0.05, 0.1) is 25.4 Å². The Balaban J connectivity index is 2.50. The molecule has 59 heavy (non-hydrogen) atoms. The first-order valence-corrected chi connectivity index (χ1v) is 24.3. The minimum absolute atomic E-state index is 0.242. The van der Waals surface area contributed by atoms with E-state index in [1.807, 2.05) is 6.08 Å². The van der Waals surface area contributed by atoms with Gasteiger partial charge in [-0.3, -0.25) is 9.35 Å². The summed E-state index contributed by atoms with van der Waals surface area (Å²) < 4.78 is 47.4. The molecule has 0 aromatic heterocycles. The summed E-state index contributed by atoms with van der Waals surface area (Å²) in [5, 5.41) is 55.1. The van der Waals surface area contributed by atoms with Crippen molar-refractivity contribution in [3.05, 3.63) is 36.5 Å². The van der Waals surface area contributed by atoms with Crippen molar-refractivity contribution in [2.45, 2.75) is 230 Å². The van der Waals surface area contributed by atoms with Crippen LogP contribution >= 0.6 is 0 Å². The van der Waals surface area contributed by atoms with Gasteiger partial charge in [0, 0.05) is 0 Å². The molecule has 1 heterocycles. The van der Waals surface area contributed by atoms with E-state index in [1.165, 1.54) is 102 Å². The van der Waals surface area contributed by atoms with Gasteiger partial charge in [-0.2, -0.15) is 8.42 Å². The minimum atomic E-state index is -5.11. The van der Waals surface area contributed by atoms with Crippen LogP contribution in [0.1, 0.15) is 181 Å². The molecule has 0 aromatic rings. The maximum Gasteiger partial charge on any atom is 0.397 e. The topological polar surface area (TPSA) is 212 Å². The average molecular weight is 862 g/mol. The summed E-state index contributed by atoms with van der Waals surface area (Å²) in [6, 6.07) is -1.12. The zero-order valence-electron chi connectivity index (χ0n) is 36.4. The van der Waals surface area contributed by atoms with Crippen LogP contribution in [0.15, 0.2) is 36.5 Å². The quantitative estimate of drug-likeness (QED) is 0.0181. The number of amides is 1. The Labute approximate surface area is 357 Å². The predicted molar refractivity (Wildman–Crippen MR) is 233 cm³/mol. The molecule has 13 nitrogen and oxygen atoms in total. The molecule has 0 radical (unpaired) electrons. The number of allylic oxidation sites excluding steroid dienone is 5. The monoisotopic (exact) mass is 862 g/mol. The van der Waals surface area contributed by atoms with Gasteiger partial charge in [-0.25, -0.2) is 4.18 Å². The third-order valence-electron chi connectivity index (χ3n) is 10.8. The van der Waals surface area contributed by atoms with Crippen molar-refractivity contribution in [3.8, 4) is 0 Å². The number of rotatable bonds is 38. The number of hydrogen-bond donors (Lipinski definition) is 7. The molecule has 0 saturated carbocycles. The normalized spacial score (nSPS) is 21.8. The molecule has 346 valence electrons. The van der Waals surface area contributed by atoms with Crippen LogP contribution < -0.4 is 5.32 Å². The van der Waals surface area contributed by atoms with E-state index in [0.717, 1.165) is 51.4 Å². The lowest BCUT2D eigenvalue weighted by Gasteiger charge is -2.41. The fourth-order valence-electron chi connectivity index (χ4n) is 7.14. The first kappa shape index (κ1) is 55.3. The SMILES string of the molecule is CC/C=C\C/C=C\CCCCCCCCCCCCCCCC(O)C(=O)NC(COC1OC(CO)C(O)C(OS(=O)(=O)O)C1O)C(O)/C=C/CCCCCCCCCC. The van der Waals surface area contributed by atoms with Crippen LogP contribution in [0.2, 0.25) is 0 Å². The number of aliphatic hydroxyl groups excluding tert-OH is 5. The maximum absolute atomic E-state index is 13.1. The van der Waals surface area contributed by atoms with Crippen molar-refractivity contribution >= 4 is 16.3 Å². The van der Waals surface area contributed by atoms with E-state index >= 15 is 0 Å². The van der Waals surface area contributed by atoms with Crippen molar-refractivity contribution in [1.82, 2.24) is 5.32 Å². The Hall–Kier alpha value is -1.72. The highest BCUT2D eigenvalue weighted by molar-refractivity contribution is 7.80. The molecule has 0 aliphatic carbocycles. The fourth-order valence-corrected chi connectivity index (χ4v) is 7.65. The van der Waals surface area contributed by atoms with Crippen LogP contribution in [0.3, 0.4) is 0 Å². The Bertz CT molecular complexity index is 1220. The van der Waals surface area contributed by atoms with E-state index in [1.54, 1.807) is 0 Å². The molecule has 1 aliphatic rings. The molecule has 0 aromatic carbocycles. The van der Waals surface area contributed by atoms with E-state index in [0.29, 0.717) is 12.8 Å². The van der Waals surface area contributed by atoms with E-state index < -0.39 is 78.5 Å². The molecule has 1 amide bonds. The van der Waals surface area contributed by atoms with Crippen molar-refractivity contribution in [2.75, 3.05) is 13.2 Å². The summed E-state index contributed by atoms with van der Waals surface area (Å²) in [4.78, 5) is 13.1. The lowest BCUT2D eigenvalue weighted by molar-refractivity contribution is -0.298. The van der Waals surface area contributed by atoms with Gasteiger partial charge in [0.25, 0.3) is 0 Å². The van der Waals surface area contributed by atoms with E-state index in [9.17, 15) is 38.7 Å². The zero-order valence-corrected chi connectivity index (χ0v) is 37.2. The van der Waals surface area contributed by atoms with Crippen LogP contribution in [-0.2, 0) is 28.9 Å². The molecular weight excluding hydrogens is 779 g/mol. The second-order valence-corrected chi connectivity index (χ2v) is 17.1. The van der Waals surface area contributed by atoms with Gasteiger partial charge in [0.2, 0.25) is 5.91 Å². The lowest BCUT2D eigenvalue weighted by atomic mass is 9.99. The second kappa shape index (κ2) is 35.8. The highest BCUT2D eigenvalue weighted by atomic mass is 32.3. The molecule has 1 fully saturated rings. The zero-order chi connectivity index (χ0) is 43.6. The molecule has 1 aliphatic heterocycles. The number of hydrogen-bond acceptors (Lipinski definition) is 11.